The molecule has 0 aliphatic carbocycles. The van der Waals surface area contributed by atoms with Crippen molar-refractivity contribution >= 4 is 17.6 Å². The molecule has 2 aromatic carbocycles. The first-order valence-corrected chi connectivity index (χ1v) is 8.91. The monoisotopic (exact) mass is 378 g/mol. The number of carbonyl (C=O) groups excluding carboxylic acids is 2. The lowest BCUT2D eigenvalue weighted by Crippen LogP contribution is -2.50. The van der Waals surface area contributed by atoms with Crippen LogP contribution >= 0.6 is 0 Å². The molecule has 0 saturated heterocycles. The third-order valence-corrected chi connectivity index (χ3v) is 4.99. The number of anilines is 1. The second kappa shape index (κ2) is 6.92. The highest BCUT2D eigenvalue weighted by atomic mass is 19.1. The van der Waals surface area contributed by atoms with Crippen LogP contribution in [0.25, 0.3) is 0 Å². The first-order valence-electron chi connectivity index (χ1n) is 8.91. The van der Waals surface area contributed by atoms with Gasteiger partial charge in [-0.3, -0.25) is 14.3 Å². The van der Waals surface area contributed by atoms with E-state index in [1.165, 1.54) is 12.1 Å². The molecule has 1 aromatic heterocycles. The Hall–Kier alpha value is -3.48. The van der Waals surface area contributed by atoms with Gasteiger partial charge in [-0.15, -0.1) is 0 Å². The highest BCUT2D eigenvalue weighted by Gasteiger charge is 2.41. The van der Waals surface area contributed by atoms with Crippen molar-refractivity contribution in [3.8, 4) is 0 Å². The first kappa shape index (κ1) is 17.9. The summed E-state index contributed by atoms with van der Waals surface area (Å²) < 4.78 is 15.1. The standard InChI is InChI=1S/C21H19FN4O2/c1-12-16-17(13-8-10-15(22)11-9-13)18(21(28)24-19(16)26(2)25-12)23-20(27)14-6-4-3-5-7-14/h3-11,17-18H,1-2H3,(H,23,27)(H,24,28)/t17-,18-/m0/s1. The maximum atomic E-state index is 13.5. The van der Waals surface area contributed by atoms with E-state index < -0.39 is 12.0 Å². The van der Waals surface area contributed by atoms with Crippen molar-refractivity contribution in [2.75, 3.05) is 5.32 Å². The van der Waals surface area contributed by atoms with E-state index in [2.05, 4.69) is 15.7 Å². The van der Waals surface area contributed by atoms with Crippen molar-refractivity contribution in [1.29, 1.82) is 0 Å². The van der Waals surface area contributed by atoms with E-state index >= 15 is 0 Å². The van der Waals surface area contributed by atoms with E-state index in [0.29, 0.717) is 11.4 Å². The van der Waals surface area contributed by atoms with Crippen LogP contribution in [-0.4, -0.2) is 27.6 Å². The Balaban J connectivity index is 1.79. The van der Waals surface area contributed by atoms with E-state index in [9.17, 15) is 14.0 Å². The van der Waals surface area contributed by atoms with Crippen LogP contribution in [0.15, 0.2) is 54.6 Å². The molecule has 0 fully saturated rings. The lowest BCUT2D eigenvalue weighted by atomic mass is 9.82. The summed E-state index contributed by atoms with van der Waals surface area (Å²) in [6, 6.07) is 13.8. The van der Waals surface area contributed by atoms with Gasteiger partial charge in [-0.1, -0.05) is 30.3 Å². The van der Waals surface area contributed by atoms with Gasteiger partial charge in [-0.25, -0.2) is 4.39 Å². The summed E-state index contributed by atoms with van der Waals surface area (Å²) in [5.41, 5.74) is 2.74. The van der Waals surface area contributed by atoms with E-state index in [1.54, 1.807) is 48.1 Å². The summed E-state index contributed by atoms with van der Waals surface area (Å²) in [5, 5.41) is 10.1. The van der Waals surface area contributed by atoms with Gasteiger partial charge in [0.05, 0.1) is 5.69 Å². The molecule has 0 bridgehead atoms. The fourth-order valence-corrected chi connectivity index (χ4v) is 3.70. The Labute approximate surface area is 161 Å². The van der Waals surface area contributed by atoms with Gasteiger partial charge in [0.15, 0.2) is 0 Å². The molecule has 2 N–H and O–H groups in total. The largest absolute Gasteiger partial charge is 0.339 e. The number of aromatic nitrogens is 2. The number of aryl methyl sites for hydroxylation is 2. The van der Waals surface area contributed by atoms with Gasteiger partial charge in [-0.05, 0) is 36.8 Å². The summed E-state index contributed by atoms with van der Waals surface area (Å²) in [6.07, 6.45) is 0. The molecule has 2 heterocycles. The molecule has 0 unspecified atom stereocenters. The molecule has 7 heteroatoms. The molecular formula is C21H19FN4O2. The predicted molar refractivity (Wildman–Crippen MR) is 103 cm³/mol. The average molecular weight is 378 g/mol. The summed E-state index contributed by atoms with van der Waals surface area (Å²) in [6.45, 7) is 1.85. The lowest BCUT2D eigenvalue weighted by Gasteiger charge is -2.32. The molecule has 6 nitrogen and oxygen atoms in total. The number of rotatable bonds is 3. The summed E-state index contributed by atoms with van der Waals surface area (Å²) in [4.78, 5) is 25.6. The Kier molecular flexibility index (Phi) is 4.43. The van der Waals surface area contributed by atoms with Gasteiger partial charge in [0.2, 0.25) is 5.91 Å². The van der Waals surface area contributed by atoms with Crippen LogP contribution < -0.4 is 10.6 Å². The zero-order chi connectivity index (χ0) is 19.8. The number of halogens is 1. The fourth-order valence-electron chi connectivity index (χ4n) is 3.70. The molecule has 28 heavy (non-hydrogen) atoms. The number of nitrogens with one attached hydrogen (secondary N) is 2. The van der Waals surface area contributed by atoms with Crippen molar-refractivity contribution in [3.63, 3.8) is 0 Å². The normalized spacial score (nSPS) is 18.3. The number of hydrogen-bond donors (Lipinski definition) is 2. The van der Waals surface area contributed by atoms with Crippen molar-refractivity contribution in [2.24, 2.45) is 7.05 Å². The minimum absolute atomic E-state index is 0.339. The van der Waals surface area contributed by atoms with E-state index in [-0.39, 0.29) is 17.6 Å². The second-order valence-corrected chi connectivity index (χ2v) is 6.81. The molecular weight excluding hydrogens is 359 g/mol. The minimum Gasteiger partial charge on any atom is -0.339 e. The van der Waals surface area contributed by atoms with Crippen molar-refractivity contribution in [2.45, 2.75) is 18.9 Å². The number of benzene rings is 2. The van der Waals surface area contributed by atoms with Crippen LogP contribution in [0, 0.1) is 12.7 Å². The number of nitrogens with zero attached hydrogens (tertiary/aromatic N) is 2. The topological polar surface area (TPSA) is 76.0 Å². The van der Waals surface area contributed by atoms with Crippen LogP contribution in [0.3, 0.4) is 0 Å². The molecule has 4 rings (SSSR count). The van der Waals surface area contributed by atoms with Gasteiger partial charge >= 0.3 is 0 Å². The second-order valence-electron chi connectivity index (χ2n) is 6.81. The van der Waals surface area contributed by atoms with Gasteiger partial charge in [0.1, 0.15) is 17.7 Å². The zero-order valence-electron chi connectivity index (χ0n) is 15.4. The van der Waals surface area contributed by atoms with Crippen LogP contribution in [0.1, 0.15) is 33.1 Å². The Bertz CT molecular complexity index is 1040. The number of hydrogen-bond acceptors (Lipinski definition) is 3. The molecule has 0 saturated carbocycles. The molecule has 2 atom stereocenters. The summed E-state index contributed by atoms with van der Waals surface area (Å²) in [5.74, 6) is -0.947. The summed E-state index contributed by atoms with van der Waals surface area (Å²) >= 11 is 0. The highest BCUT2D eigenvalue weighted by molar-refractivity contribution is 6.03. The van der Waals surface area contributed by atoms with E-state index in [0.717, 1.165) is 16.8 Å². The smallest absolute Gasteiger partial charge is 0.251 e. The zero-order valence-corrected chi connectivity index (χ0v) is 15.4. The van der Waals surface area contributed by atoms with Crippen molar-refractivity contribution in [3.05, 3.63) is 82.8 Å². The molecule has 3 aromatic rings. The summed E-state index contributed by atoms with van der Waals surface area (Å²) in [7, 11) is 1.75. The SMILES string of the molecule is Cc1nn(C)c2c1[C@H](c1ccc(F)cc1)[C@H](NC(=O)c1ccccc1)C(=O)N2. The van der Waals surface area contributed by atoms with Crippen LogP contribution in [0.5, 0.6) is 0 Å². The van der Waals surface area contributed by atoms with Crippen LogP contribution in [-0.2, 0) is 11.8 Å². The first-order chi connectivity index (χ1) is 13.5. The number of fused-ring (bicyclic) bond motifs is 1. The molecule has 0 spiro atoms. The van der Waals surface area contributed by atoms with E-state index in [1.807, 2.05) is 13.0 Å². The predicted octanol–water partition coefficient (Wildman–Crippen LogP) is 2.75. The van der Waals surface area contributed by atoms with E-state index in [4.69, 9.17) is 0 Å². The highest BCUT2D eigenvalue weighted by Crippen LogP contribution is 2.39. The van der Waals surface area contributed by atoms with Gasteiger partial charge in [0.25, 0.3) is 5.91 Å². The van der Waals surface area contributed by atoms with Crippen molar-refractivity contribution < 1.29 is 14.0 Å². The third-order valence-electron chi connectivity index (χ3n) is 4.99. The Morgan fingerprint density at radius 3 is 2.50 bits per heavy atom. The third kappa shape index (κ3) is 3.05. The Morgan fingerprint density at radius 2 is 1.82 bits per heavy atom. The number of amides is 2. The van der Waals surface area contributed by atoms with Crippen molar-refractivity contribution in [1.82, 2.24) is 15.1 Å². The maximum absolute atomic E-state index is 13.5. The molecule has 1 aliphatic rings. The molecule has 142 valence electrons. The quantitative estimate of drug-likeness (QED) is 0.736. The van der Waals surface area contributed by atoms with Gasteiger partial charge < -0.3 is 10.6 Å². The van der Waals surface area contributed by atoms with Gasteiger partial charge in [0, 0.05) is 24.1 Å². The Morgan fingerprint density at radius 1 is 1.14 bits per heavy atom. The average Bonchev–Trinajstić information content (AvgIpc) is 2.97. The maximum Gasteiger partial charge on any atom is 0.251 e. The minimum atomic E-state index is -0.853. The van der Waals surface area contributed by atoms with Gasteiger partial charge in [-0.2, -0.15) is 5.10 Å². The molecule has 2 amide bonds. The van der Waals surface area contributed by atoms with Crippen LogP contribution in [0.2, 0.25) is 0 Å². The molecule has 1 aliphatic heterocycles. The van der Waals surface area contributed by atoms with Crippen LogP contribution in [0.4, 0.5) is 10.2 Å². The molecule has 0 radical (unpaired) electrons. The fraction of sp³-hybridized carbons (Fsp3) is 0.190. The number of carbonyl (C=O) groups is 2. The lowest BCUT2D eigenvalue weighted by molar-refractivity contribution is -0.118.